The number of rotatable bonds is 4. The molecule has 0 aromatic carbocycles. The summed E-state index contributed by atoms with van der Waals surface area (Å²) in [7, 11) is 0. The van der Waals surface area contributed by atoms with Gasteiger partial charge in [-0.25, -0.2) is 0 Å². The fourth-order valence-electron chi connectivity index (χ4n) is 1.59. The third-order valence-electron chi connectivity index (χ3n) is 2.72. The van der Waals surface area contributed by atoms with Gasteiger partial charge in [0.25, 0.3) is 0 Å². The van der Waals surface area contributed by atoms with Gasteiger partial charge in [-0.2, -0.15) is 24.9 Å². The van der Waals surface area contributed by atoms with E-state index < -0.39 is 11.1 Å². The number of aliphatic imine (C=N–C) groups is 1. The van der Waals surface area contributed by atoms with Crippen molar-refractivity contribution < 1.29 is 17.9 Å². The molecule has 0 spiro atoms. The van der Waals surface area contributed by atoms with Gasteiger partial charge in [0, 0.05) is 4.88 Å². The van der Waals surface area contributed by atoms with Crippen LogP contribution in [0.4, 0.5) is 13.2 Å². The van der Waals surface area contributed by atoms with Crippen LogP contribution in [0.3, 0.4) is 0 Å². The van der Waals surface area contributed by atoms with Gasteiger partial charge in [-0.15, -0.1) is 11.3 Å². The molecular weight excluding hydrogens is 319 g/mol. The Morgan fingerprint density at radius 3 is 2.67 bits per heavy atom. The maximum Gasteiger partial charge on any atom is 0.425 e. The van der Waals surface area contributed by atoms with Crippen LogP contribution < -0.4 is 0 Å². The molecule has 0 aliphatic carbocycles. The van der Waals surface area contributed by atoms with Crippen LogP contribution in [0.1, 0.15) is 9.75 Å². The molecular formula is C14H14F3NOS2. The average molecular weight is 333 g/mol. The Hall–Kier alpha value is -1.21. The minimum absolute atomic E-state index is 0.393. The predicted molar refractivity (Wildman–Crippen MR) is 83.1 cm³/mol. The lowest BCUT2D eigenvalue weighted by molar-refractivity contribution is -0.134. The van der Waals surface area contributed by atoms with Crippen LogP contribution in [0.2, 0.25) is 0 Å². The highest BCUT2D eigenvalue weighted by Gasteiger charge is 2.32. The largest absolute Gasteiger partial charge is 0.477 e. The maximum absolute atomic E-state index is 12.4. The Balaban J connectivity index is 1.89. The van der Waals surface area contributed by atoms with Gasteiger partial charge >= 0.3 is 6.18 Å². The van der Waals surface area contributed by atoms with Gasteiger partial charge in [-0.1, -0.05) is 12.2 Å². The van der Waals surface area contributed by atoms with E-state index in [9.17, 15) is 13.2 Å². The normalized spacial score (nSPS) is 20.0. The van der Waals surface area contributed by atoms with Gasteiger partial charge in [0.05, 0.1) is 11.8 Å². The first-order valence-corrected chi connectivity index (χ1v) is 8.31. The van der Waals surface area contributed by atoms with E-state index in [4.69, 9.17) is 4.74 Å². The van der Waals surface area contributed by atoms with E-state index >= 15 is 0 Å². The molecule has 21 heavy (non-hydrogen) atoms. The van der Waals surface area contributed by atoms with Crippen molar-refractivity contribution in [3.63, 3.8) is 0 Å². The van der Waals surface area contributed by atoms with Crippen molar-refractivity contribution in [3.8, 4) is 0 Å². The summed E-state index contributed by atoms with van der Waals surface area (Å²) < 4.78 is 42.7. The lowest BCUT2D eigenvalue weighted by Crippen LogP contribution is -2.23. The van der Waals surface area contributed by atoms with Crippen LogP contribution in [0.5, 0.6) is 0 Å². The summed E-state index contributed by atoms with van der Waals surface area (Å²) in [6.45, 7) is 1.36. The molecule has 2 rings (SSSR count). The van der Waals surface area contributed by atoms with Gasteiger partial charge in [-0.05, 0) is 30.5 Å². The third kappa shape index (κ3) is 4.93. The molecule has 0 amide bonds. The van der Waals surface area contributed by atoms with E-state index in [0.29, 0.717) is 22.6 Å². The Bertz CT molecular complexity index is 561. The molecule has 2 nitrogen and oxygen atoms in total. The second kappa shape index (κ2) is 7.17. The third-order valence-corrected chi connectivity index (χ3v) is 4.76. The minimum atomic E-state index is -4.27. The van der Waals surface area contributed by atoms with E-state index in [0.717, 1.165) is 23.9 Å². The number of thiophene rings is 1. The van der Waals surface area contributed by atoms with Crippen molar-refractivity contribution in [2.75, 3.05) is 19.4 Å². The van der Waals surface area contributed by atoms with Crippen LogP contribution in [0.25, 0.3) is 6.08 Å². The van der Waals surface area contributed by atoms with Crippen LogP contribution in [0.15, 0.2) is 35.4 Å². The number of hydrogen-bond donors (Lipinski definition) is 0. The van der Waals surface area contributed by atoms with Crippen molar-refractivity contribution in [1.29, 1.82) is 0 Å². The SMILES string of the molecule is CSC1CN=C(/C=C/C=C/c2ccc(C(F)(F)F)s2)OC1. The fraction of sp³-hybridized carbons (Fsp3) is 0.357. The van der Waals surface area contributed by atoms with E-state index in [1.165, 1.54) is 6.07 Å². The van der Waals surface area contributed by atoms with Crippen LogP contribution in [0, 0.1) is 0 Å². The number of halogens is 3. The first-order valence-electron chi connectivity index (χ1n) is 6.21. The highest BCUT2D eigenvalue weighted by molar-refractivity contribution is 7.99. The number of hydrogen-bond acceptors (Lipinski definition) is 4. The molecule has 114 valence electrons. The topological polar surface area (TPSA) is 21.6 Å². The van der Waals surface area contributed by atoms with Crippen molar-refractivity contribution in [3.05, 3.63) is 40.1 Å². The summed E-state index contributed by atoms with van der Waals surface area (Å²) >= 11 is 2.44. The second-order valence-electron chi connectivity index (χ2n) is 4.27. The van der Waals surface area contributed by atoms with E-state index in [2.05, 4.69) is 4.99 Å². The minimum Gasteiger partial charge on any atom is -0.477 e. The first-order chi connectivity index (χ1) is 9.99. The van der Waals surface area contributed by atoms with Gasteiger partial charge in [0.15, 0.2) is 0 Å². The number of alkyl halides is 3. The second-order valence-corrected chi connectivity index (χ2v) is 6.52. The number of thioether (sulfide) groups is 1. The van der Waals surface area contributed by atoms with Crippen molar-refractivity contribution in [2.24, 2.45) is 4.99 Å². The smallest absolute Gasteiger partial charge is 0.425 e. The standard InChI is InChI=1S/C14H14F3NOS2/c1-20-11-8-18-13(19-9-11)5-3-2-4-10-6-7-12(21-10)14(15,16)17/h2-7,11H,8-9H2,1H3/b4-2+,5-3+. The summed E-state index contributed by atoms with van der Waals surface area (Å²) in [6.07, 6.45) is 4.48. The van der Waals surface area contributed by atoms with Crippen LogP contribution >= 0.6 is 23.1 Å². The molecule has 0 bridgehead atoms. The molecule has 0 fully saturated rings. The zero-order valence-electron chi connectivity index (χ0n) is 11.3. The number of allylic oxidation sites excluding steroid dienone is 2. The van der Waals surface area contributed by atoms with Gasteiger partial charge < -0.3 is 4.74 Å². The highest BCUT2D eigenvalue weighted by atomic mass is 32.2. The monoisotopic (exact) mass is 333 g/mol. The van der Waals surface area contributed by atoms with Crippen LogP contribution in [-0.4, -0.2) is 30.6 Å². The summed E-state index contributed by atoms with van der Waals surface area (Å²) in [5.74, 6) is 0.562. The Labute approximate surface area is 129 Å². The summed E-state index contributed by atoms with van der Waals surface area (Å²) in [6, 6.07) is 2.54. The summed E-state index contributed by atoms with van der Waals surface area (Å²) in [5.41, 5.74) is 0. The quantitative estimate of drug-likeness (QED) is 0.757. The molecule has 1 aliphatic rings. The van der Waals surface area contributed by atoms with E-state index in [1.807, 2.05) is 6.26 Å². The molecule has 1 aromatic rings. The molecule has 1 unspecified atom stereocenters. The lowest BCUT2D eigenvalue weighted by Gasteiger charge is -2.18. The zero-order valence-corrected chi connectivity index (χ0v) is 12.9. The molecule has 7 heteroatoms. The van der Waals surface area contributed by atoms with Crippen molar-refractivity contribution in [2.45, 2.75) is 11.4 Å². The Kier molecular flexibility index (Phi) is 5.52. The molecule has 0 radical (unpaired) electrons. The fourth-order valence-corrected chi connectivity index (χ4v) is 2.81. The zero-order chi connectivity index (χ0) is 15.3. The maximum atomic E-state index is 12.4. The van der Waals surface area contributed by atoms with Crippen molar-refractivity contribution >= 4 is 35.1 Å². The molecule has 0 saturated heterocycles. The van der Waals surface area contributed by atoms with Gasteiger partial charge in [0.1, 0.15) is 11.5 Å². The lowest BCUT2D eigenvalue weighted by atomic mass is 10.3. The molecule has 0 saturated carbocycles. The first kappa shape index (κ1) is 16.2. The van der Waals surface area contributed by atoms with E-state index in [1.54, 1.807) is 36.1 Å². The van der Waals surface area contributed by atoms with Crippen molar-refractivity contribution in [1.82, 2.24) is 0 Å². The molecule has 0 N–H and O–H groups in total. The summed E-state index contributed by atoms with van der Waals surface area (Å²) in [5, 5.41) is 0.393. The summed E-state index contributed by atoms with van der Waals surface area (Å²) in [4.78, 5) is 4.24. The molecule has 1 aromatic heterocycles. The van der Waals surface area contributed by atoms with Gasteiger partial charge in [-0.3, -0.25) is 4.99 Å². The Morgan fingerprint density at radius 2 is 2.10 bits per heavy atom. The van der Waals surface area contributed by atoms with E-state index in [-0.39, 0.29) is 0 Å². The number of nitrogens with zero attached hydrogens (tertiary/aromatic N) is 1. The number of ether oxygens (including phenoxy) is 1. The molecule has 2 heterocycles. The average Bonchev–Trinajstić information content (AvgIpc) is 2.93. The van der Waals surface area contributed by atoms with Gasteiger partial charge in [0.2, 0.25) is 5.90 Å². The predicted octanol–water partition coefficient (Wildman–Crippen LogP) is 4.50. The molecule has 1 atom stereocenters. The Morgan fingerprint density at radius 1 is 1.33 bits per heavy atom. The van der Waals surface area contributed by atoms with Crippen LogP contribution in [-0.2, 0) is 10.9 Å². The highest BCUT2D eigenvalue weighted by Crippen LogP contribution is 2.34. The molecule has 1 aliphatic heterocycles.